The summed E-state index contributed by atoms with van der Waals surface area (Å²) >= 11 is 6.08. The van der Waals surface area contributed by atoms with Crippen molar-refractivity contribution >= 4 is 23.2 Å². The Morgan fingerprint density at radius 2 is 2.00 bits per heavy atom. The molecule has 2 aromatic carbocycles. The van der Waals surface area contributed by atoms with Crippen LogP contribution in [0.25, 0.3) is 5.69 Å². The van der Waals surface area contributed by atoms with Crippen molar-refractivity contribution in [2.45, 2.75) is 26.3 Å². The van der Waals surface area contributed by atoms with Gasteiger partial charge in [-0.2, -0.15) is 5.26 Å². The molecule has 1 unspecified atom stereocenters. The summed E-state index contributed by atoms with van der Waals surface area (Å²) in [6.07, 6.45) is 0.141. The quantitative estimate of drug-likeness (QED) is 0.701. The molecule has 0 fully saturated rings. The van der Waals surface area contributed by atoms with E-state index in [1.165, 1.54) is 0 Å². The monoisotopic (exact) mass is 418 g/mol. The molecule has 8 heteroatoms. The van der Waals surface area contributed by atoms with E-state index in [-0.39, 0.29) is 12.3 Å². The second-order valence-corrected chi connectivity index (χ2v) is 7.38. The molecule has 0 aliphatic carbocycles. The number of aliphatic imine (C=N–C) groups is 1. The number of amides is 1. The zero-order chi connectivity index (χ0) is 21.3. The van der Waals surface area contributed by atoms with Gasteiger partial charge in [-0.25, -0.2) is 0 Å². The van der Waals surface area contributed by atoms with Gasteiger partial charge in [-0.1, -0.05) is 23.7 Å². The first kappa shape index (κ1) is 19.8. The normalized spacial score (nSPS) is 14.7. The fraction of sp³-hybridized carbons (Fsp3) is 0.227. The number of rotatable bonds is 4. The van der Waals surface area contributed by atoms with E-state index < -0.39 is 6.04 Å². The molecule has 1 aliphatic rings. The Balaban J connectivity index is 1.97. The SMILES string of the molecule is CCNC(=O)CC1N=C(c2ccc(Cl)cc2)c2cc(C#N)ccc2-n2c(C)nnc21. The average molecular weight is 419 g/mol. The number of aryl methyl sites for hydroxylation is 1. The third-order valence-corrected chi connectivity index (χ3v) is 5.18. The van der Waals surface area contributed by atoms with Gasteiger partial charge in [-0.05, 0) is 44.2 Å². The molecule has 4 rings (SSSR count). The molecule has 0 saturated heterocycles. The van der Waals surface area contributed by atoms with Crippen molar-refractivity contribution in [3.05, 3.63) is 75.8 Å². The van der Waals surface area contributed by atoms with Gasteiger partial charge in [0.15, 0.2) is 5.82 Å². The molecule has 1 N–H and O–H groups in total. The van der Waals surface area contributed by atoms with Crippen LogP contribution in [0.15, 0.2) is 47.5 Å². The van der Waals surface area contributed by atoms with Crippen LogP contribution in [-0.4, -0.2) is 32.9 Å². The molecule has 0 spiro atoms. The van der Waals surface area contributed by atoms with E-state index in [0.29, 0.717) is 34.5 Å². The topological polar surface area (TPSA) is 96.0 Å². The lowest BCUT2D eigenvalue weighted by molar-refractivity contribution is -0.121. The number of carbonyl (C=O) groups excluding carboxylic acids is 1. The van der Waals surface area contributed by atoms with Gasteiger partial charge >= 0.3 is 0 Å². The van der Waals surface area contributed by atoms with Gasteiger partial charge in [0, 0.05) is 22.7 Å². The number of nitrogens with one attached hydrogen (secondary N) is 1. The van der Waals surface area contributed by atoms with Crippen LogP contribution in [0.5, 0.6) is 0 Å². The highest BCUT2D eigenvalue weighted by Crippen LogP contribution is 2.33. The van der Waals surface area contributed by atoms with Crippen LogP contribution in [0.2, 0.25) is 5.02 Å². The zero-order valence-corrected chi connectivity index (χ0v) is 17.3. The maximum absolute atomic E-state index is 12.4. The molecular weight excluding hydrogens is 400 g/mol. The minimum absolute atomic E-state index is 0.113. The van der Waals surface area contributed by atoms with Crippen molar-refractivity contribution in [2.24, 2.45) is 4.99 Å². The van der Waals surface area contributed by atoms with Crippen LogP contribution in [0.4, 0.5) is 0 Å². The van der Waals surface area contributed by atoms with Crippen LogP contribution in [0, 0.1) is 18.3 Å². The number of carbonyl (C=O) groups is 1. The summed E-state index contributed by atoms with van der Waals surface area (Å²) in [6, 6.07) is 14.4. The van der Waals surface area contributed by atoms with Crippen molar-refractivity contribution in [1.82, 2.24) is 20.1 Å². The maximum Gasteiger partial charge on any atom is 0.222 e. The van der Waals surface area contributed by atoms with Crippen molar-refractivity contribution in [1.29, 1.82) is 5.26 Å². The summed E-state index contributed by atoms with van der Waals surface area (Å²) in [6.45, 7) is 4.27. The van der Waals surface area contributed by atoms with Crippen LogP contribution in [-0.2, 0) is 4.79 Å². The summed E-state index contributed by atoms with van der Waals surface area (Å²) in [7, 11) is 0. The fourth-order valence-corrected chi connectivity index (χ4v) is 3.71. The number of nitrogens with zero attached hydrogens (tertiary/aromatic N) is 5. The first-order valence-corrected chi connectivity index (χ1v) is 9.97. The van der Waals surface area contributed by atoms with Gasteiger partial charge in [-0.15, -0.1) is 10.2 Å². The van der Waals surface area contributed by atoms with Gasteiger partial charge in [0.2, 0.25) is 5.91 Å². The minimum atomic E-state index is -0.527. The molecule has 0 radical (unpaired) electrons. The van der Waals surface area contributed by atoms with Crippen molar-refractivity contribution in [3.63, 3.8) is 0 Å². The van der Waals surface area contributed by atoms with Crippen molar-refractivity contribution in [2.75, 3.05) is 6.54 Å². The maximum atomic E-state index is 12.4. The number of aromatic nitrogens is 3. The van der Waals surface area contributed by atoms with E-state index in [0.717, 1.165) is 16.8 Å². The first-order valence-electron chi connectivity index (χ1n) is 9.59. The molecule has 30 heavy (non-hydrogen) atoms. The Labute approximate surface area is 179 Å². The summed E-state index contributed by atoms with van der Waals surface area (Å²) in [4.78, 5) is 17.4. The van der Waals surface area contributed by atoms with E-state index in [4.69, 9.17) is 16.6 Å². The lowest BCUT2D eigenvalue weighted by Crippen LogP contribution is -2.25. The Morgan fingerprint density at radius 3 is 2.70 bits per heavy atom. The highest BCUT2D eigenvalue weighted by atomic mass is 35.5. The second kappa shape index (κ2) is 8.09. The number of nitriles is 1. The number of halogens is 1. The molecule has 0 saturated carbocycles. The molecule has 1 aliphatic heterocycles. The lowest BCUT2D eigenvalue weighted by atomic mass is 9.98. The van der Waals surface area contributed by atoms with Crippen molar-refractivity contribution in [3.8, 4) is 11.8 Å². The zero-order valence-electron chi connectivity index (χ0n) is 16.6. The van der Waals surface area contributed by atoms with Gasteiger partial charge in [-0.3, -0.25) is 14.4 Å². The Morgan fingerprint density at radius 1 is 1.23 bits per heavy atom. The van der Waals surface area contributed by atoms with E-state index in [9.17, 15) is 10.1 Å². The Bertz CT molecular complexity index is 1190. The van der Waals surface area contributed by atoms with Gasteiger partial charge in [0.1, 0.15) is 11.9 Å². The predicted octanol–water partition coefficient (Wildman–Crippen LogP) is 3.52. The summed E-state index contributed by atoms with van der Waals surface area (Å²) < 4.78 is 1.91. The summed E-state index contributed by atoms with van der Waals surface area (Å²) in [5.74, 6) is 1.16. The highest BCUT2D eigenvalue weighted by molar-refractivity contribution is 6.30. The molecule has 150 valence electrons. The van der Waals surface area contributed by atoms with Crippen LogP contribution < -0.4 is 5.32 Å². The largest absolute Gasteiger partial charge is 0.356 e. The molecular formula is C22H19ClN6O. The number of fused-ring (bicyclic) bond motifs is 3. The summed E-state index contributed by atoms with van der Waals surface area (Å²) in [5.41, 5.74) is 3.63. The number of benzene rings is 2. The van der Waals surface area contributed by atoms with Crippen molar-refractivity contribution < 1.29 is 4.79 Å². The second-order valence-electron chi connectivity index (χ2n) is 6.94. The van der Waals surface area contributed by atoms with Gasteiger partial charge in [0.25, 0.3) is 0 Å². The molecule has 1 aromatic heterocycles. The number of hydrogen-bond donors (Lipinski definition) is 1. The number of hydrogen-bond acceptors (Lipinski definition) is 5. The Kier molecular flexibility index (Phi) is 5.34. The minimum Gasteiger partial charge on any atom is -0.356 e. The van der Waals surface area contributed by atoms with E-state index in [1.807, 2.05) is 36.6 Å². The smallest absolute Gasteiger partial charge is 0.222 e. The Hall–Kier alpha value is -3.50. The highest BCUT2D eigenvalue weighted by Gasteiger charge is 2.29. The van der Waals surface area contributed by atoms with E-state index in [1.54, 1.807) is 24.3 Å². The fourth-order valence-electron chi connectivity index (χ4n) is 3.59. The van der Waals surface area contributed by atoms with Crippen LogP contribution in [0.1, 0.15) is 47.7 Å². The summed E-state index contributed by atoms with van der Waals surface area (Å²) in [5, 5.41) is 21.5. The standard InChI is InChI=1S/C22H19ClN6O/c1-3-25-20(30)11-18-22-28-27-13(2)29(22)19-9-4-14(12-24)10-17(19)21(26-18)15-5-7-16(23)8-6-15/h4-10,18H,3,11H2,1-2H3,(H,25,30). The van der Waals surface area contributed by atoms with Crippen LogP contribution in [0.3, 0.4) is 0 Å². The molecule has 1 amide bonds. The average Bonchev–Trinajstić information content (AvgIpc) is 3.06. The third kappa shape index (κ3) is 3.58. The molecule has 1 atom stereocenters. The van der Waals surface area contributed by atoms with E-state index >= 15 is 0 Å². The molecule has 2 heterocycles. The molecule has 0 bridgehead atoms. The van der Waals surface area contributed by atoms with Gasteiger partial charge in [0.05, 0.1) is 29.5 Å². The first-order chi connectivity index (χ1) is 14.5. The van der Waals surface area contributed by atoms with Crippen LogP contribution >= 0.6 is 11.6 Å². The lowest BCUT2D eigenvalue weighted by Gasteiger charge is -2.13. The third-order valence-electron chi connectivity index (χ3n) is 4.92. The predicted molar refractivity (Wildman–Crippen MR) is 114 cm³/mol. The molecule has 7 nitrogen and oxygen atoms in total. The van der Waals surface area contributed by atoms with E-state index in [2.05, 4.69) is 21.6 Å². The van der Waals surface area contributed by atoms with Gasteiger partial charge < -0.3 is 5.32 Å². The molecule has 3 aromatic rings.